The largest absolute Gasteiger partial charge is 0.379 e. The first kappa shape index (κ1) is 50.0. The van der Waals surface area contributed by atoms with Crippen molar-refractivity contribution < 1.29 is 62.1 Å². The fraction of sp³-hybridized carbons (Fsp3) is 0.404. The molecule has 19 heteroatoms. The van der Waals surface area contributed by atoms with Crippen LogP contribution in [-0.2, 0) is 75.1 Å². The van der Waals surface area contributed by atoms with Gasteiger partial charge in [-0.1, -0.05) is 72.5 Å². The summed E-state index contributed by atoms with van der Waals surface area (Å²) in [4.78, 5) is 106. The zero-order chi connectivity index (χ0) is 46.9. The zero-order valence-electron chi connectivity index (χ0n) is 36.5. The van der Waals surface area contributed by atoms with Gasteiger partial charge in [0.2, 0.25) is 29.5 Å². The number of ether oxygens (including phenoxy) is 4. The number of nitrogens with one attached hydrogen (secondary N) is 4. The van der Waals surface area contributed by atoms with Gasteiger partial charge in [0, 0.05) is 56.2 Å². The fourth-order valence-corrected chi connectivity index (χ4v) is 6.45. The molecule has 2 aliphatic rings. The van der Waals surface area contributed by atoms with Gasteiger partial charge >= 0.3 is 5.97 Å². The maximum Gasteiger partial charge on any atom is 0.355 e. The summed E-state index contributed by atoms with van der Waals surface area (Å²) in [5.41, 5.74) is 3.96. The summed E-state index contributed by atoms with van der Waals surface area (Å²) in [6.07, 6.45) is -0.111. The predicted octanol–water partition coefficient (Wildman–Crippen LogP) is 0.853. The van der Waals surface area contributed by atoms with Crippen molar-refractivity contribution in [2.24, 2.45) is 0 Å². The van der Waals surface area contributed by atoms with Gasteiger partial charge in [0.15, 0.2) is 0 Å². The highest BCUT2D eigenvalue weighted by molar-refractivity contribution is 6.02. The number of para-hydroxylation sites is 1. The number of amides is 7. The fourth-order valence-electron chi connectivity index (χ4n) is 6.45. The molecular weight excluding hydrogens is 857 g/mol. The number of rotatable bonds is 27. The number of carbonyl (C=O) groups is 8. The predicted molar refractivity (Wildman–Crippen MR) is 235 cm³/mol. The molecule has 0 saturated carbocycles. The molecule has 0 aromatic heterocycles. The van der Waals surface area contributed by atoms with Crippen molar-refractivity contribution in [2.75, 3.05) is 77.4 Å². The van der Waals surface area contributed by atoms with Gasteiger partial charge in [-0.25, -0.2) is 4.79 Å². The Morgan fingerprint density at radius 1 is 0.576 bits per heavy atom. The van der Waals surface area contributed by atoms with E-state index < -0.39 is 54.6 Å². The van der Waals surface area contributed by atoms with E-state index in [0.717, 1.165) is 22.4 Å². The Hall–Kier alpha value is -6.98. The Bertz CT molecular complexity index is 2210. The second kappa shape index (κ2) is 27.4. The molecule has 3 aromatic rings. The highest BCUT2D eigenvalue weighted by Gasteiger charge is 2.35. The van der Waals surface area contributed by atoms with E-state index in [4.69, 9.17) is 23.8 Å². The van der Waals surface area contributed by atoms with E-state index >= 15 is 0 Å². The number of hydrogen-bond donors (Lipinski definition) is 4. The molecule has 0 radical (unpaired) electrons. The summed E-state index contributed by atoms with van der Waals surface area (Å²) in [5, 5.41) is 10.4. The molecule has 0 bridgehead atoms. The van der Waals surface area contributed by atoms with Crippen LogP contribution in [0.2, 0.25) is 0 Å². The van der Waals surface area contributed by atoms with Gasteiger partial charge in [0.25, 0.3) is 11.8 Å². The number of hydroxylamine groups is 2. The molecule has 350 valence electrons. The molecule has 3 aromatic carbocycles. The van der Waals surface area contributed by atoms with Gasteiger partial charge < -0.3 is 50.0 Å². The summed E-state index contributed by atoms with van der Waals surface area (Å²) >= 11 is 0. The van der Waals surface area contributed by atoms with Crippen molar-refractivity contribution in [3.63, 3.8) is 0 Å². The van der Waals surface area contributed by atoms with Crippen LogP contribution in [-0.4, -0.2) is 131 Å². The van der Waals surface area contributed by atoms with Crippen LogP contribution in [0.4, 0.5) is 5.69 Å². The van der Waals surface area contributed by atoms with E-state index in [2.05, 4.69) is 33.1 Å². The van der Waals surface area contributed by atoms with Crippen LogP contribution in [0.25, 0.3) is 0 Å². The second-order valence-electron chi connectivity index (χ2n) is 14.8. The van der Waals surface area contributed by atoms with Crippen molar-refractivity contribution in [2.45, 2.75) is 51.1 Å². The van der Waals surface area contributed by atoms with Crippen molar-refractivity contribution in [1.82, 2.24) is 26.3 Å². The van der Waals surface area contributed by atoms with Crippen molar-refractivity contribution >= 4 is 53.0 Å². The monoisotopic (exact) mass is 910 g/mol. The first-order valence-corrected chi connectivity index (χ1v) is 21.6. The van der Waals surface area contributed by atoms with Crippen LogP contribution >= 0.6 is 0 Å². The summed E-state index contributed by atoms with van der Waals surface area (Å²) in [6.45, 7) is 1.87. The molecule has 66 heavy (non-hydrogen) atoms. The molecule has 19 nitrogen and oxygen atoms in total. The minimum Gasteiger partial charge on any atom is -0.379 e. The third kappa shape index (κ3) is 17.2. The van der Waals surface area contributed by atoms with Crippen LogP contribution in [0.1, 0.15) is 54.4 Å². The Morgan fingerprint density at radius 2 is 1.14 bits per heavy atom. The SMILES string of the molecule is O=C(CCC(=O)N1Cc2ccccc2C#Cc2ccccc21)NCCOCCOCCOCCOCCC(=O)NCC(=O)NCC(=O)N[C@@H](Cc1ccccc1)C(=O)ON1C(=O)CCC1=O. The Labute approximate surface area is 382 Å². The van der Waals surface area contributed by atoms with E-state index in [1.54, 1.807) is 35.2 Å². The first-order valence-electron chi connectivity index (χ1n) is 21.6. The minimum atomic E-state index is -1.27. The maximum atomic E-state index is 13.3. The number of hydrogen-bond acceptors (Lipinski definition) is 13. The molecule has 2 aliphatic heterocycles. The van der Waals surface area contributed by atoms with Gasteiger partial charge in [-0.15, -0.1) is 5.06 Å². The number of carbonyl (C=O) groups excluding carboxylic acids is 8. The molecule has 4 N–H and O–H groups in total. The van der Waals surface area contributed by atoms with Crippen LogP contribution in [0.3, 0.4) is 0 Å². The Morgan fingerprint density at radius 3 is 1.85 bits per heavy atom. The lowest BCUT2D eigenvalue weighted by atomic mass is 10.0. The molecule has 1 atom stereocenters. The van der Waals surface area contributed by atoms with Crippen LogP contribution in [0, 0.1) is 11.8 Å². The summed E-state index contributed by atoms with van der Waals surface area (Å²) in [7, 11) is 0. The van der Waals surface area contributed by atoms with Crippen LogP contribution in [0.15, 0.2) is 78.9 Å². The average molecular weight is 911 g/mol. The first-order chi connectivity index (χ1) is 32.1. The lowest BCUT2D eigenvalue weighted by Gasteiger charge is -2.26. The Kier molecular flexibility index (Phi) is 20.7. The third-order valence-electron chi connectivity index (χ3n) is 9.88. The normalized spacial score (nSPS) is 13.2. The number of imide groups is 1. The molecule has 5 rings (SSSR count). The average Bonchev–Trinajstić information content (AvgIpc) is 3.63. The van der Waals surface area contributed by atoms with Crippen LogP contribution < -0.4 is 26.2 Å². The number of fused-ring (bicyclic) bond motifs is 2. The second-order valence-corrected chi connectivity index (χ2v) is 14.8. The van der Waals surface area contributed by atoms with E-state index in [1.165, 1.54) is 0 Å². The molecule has 1 saturated heterocycles. The zero-order valence-corrected chi connectivity index (χ0v) is 36.5. The Balaban J connectivity index is 0.817. The van der Waals surface area contributed by atoms with Gasteiger partial charge in [0.1, 0.15) is 6.04 Å². The lowest BCUT2D eigenvalue weighted by molar-refractivity contribution is -0.199. The minimum absolute atomic E-state index is 0.00432. The molecule has 0 spiro atoms. The van der Waals surface area contributed by atoms with Crippen LogP contribution in [0.5, 0.6) is 0 Å². The smallest absolute Gasteiger partial charge is 0.355 e. The topological polar surface area (TPSA) is 237 Å². The van der Waals surface area contributed by atoms with E-state index in [-0.39, 0.29) is 76.8 Å². The summed E-state index contributed by atoms with van der Waals surface area (Å²) < 4.78 is 21.8. The van der Waals surface area contributed by atoms with Crippen molar-refractivity contribution in [1.29, 1.82) is 0 Å². The highest BCUT2D eigenvalue weighted by Crippen LogP contribution is 2.26. The summed E-state index contributed by atoms with van der Waals surface area (Å²) in [6, 6.07) is 22.6. The standard InChI is InChI=1S/C47H54N6O13/c54-40(16-17-44(58)52-33-37-12-5-4-10-35(37)14-15-36-11-6-7-13-39(36)52)48-21-23-63-25-27-65-29-28-64-26-24-62-22-20-41(55)49-31-42(56)50-32-43(57)51-38(30-34-8-2-1-3-9-34)47(61)66-53-45(59)18-19-46(53)60/h1-13,38H,16-33H2,(H,48,54)(H,49,55)(H,50,56)(H,51,57)/t38-/m0/s1. The highest BCUT2D eigenvalue weighted by atomic mass is 16.7. The van der Waals surface area contributed by atoms with Gasteiger partial charge in [-0.2, -0.15) is 0 Å². The van der Waals surface area contributed by atoms with Gasteiger partial charge in [-0.05, 0) is 29.3 Å². The van der Waals surface area contributed by atoms with E-state index in [9.17, 15) is 38.4 Å². The number of anilines is 1. The molecule has 0 unspecified atom stereocenters. The van der Waals surface area contributed by atoms with Gasteiger partial charge in [-0.3, -0.25) is 33.6 Å². The molecule has 1 fully saturated rings. The number of nitrogens with zero attached hydrogens (tertiary/aromatic N) is 2. The number of benzene rings is 3. The maximum absolute atomic E-state index is 13.3. The summed E-state index contributed by atoms with van der Waals surface area (Å²) in [5.74, 6) is 1.76. The van der Waals surface area contributed by atoms with Gasteiger partial charge in [0.05, 0.1) is 78.2 Å². The lowest BCUT2D eigenvalue weighted by Crippen LogP contribution is -2.50. The molecule has 7 amide bonds. The third-order valence-corrected chi connectivity index (χ3v) is 9.88. The van der Waals surface area contributed by atoms with E-state index in [0.29, 0.717) is 50.1 Å². The molecule has 2 heterocycles. The van der Waals surface area contributed by atoms with E-state index in [1.807, 2.05) is 48.5 Å². The molecular formula is C47H54N6O13. The van der Waals surface area contributed by atoms with Crippen molar-refractivity contribution in [3.05, 3.63) is 101 Å². The quantitative estimate of drug-likeness (QED) is 0.0473. The molecule has 0 aliphatic carbocycles. The van der Waals surface area contributed by atoms with Crippen molar-refractivity contribution in [3.8, 4) is 11.8 Å².